The molecule has 3 aromatic carbocycles. The largest absolute Gasteiger partial charge is 0.334 e. The standard InChI is InChI=1S/C35H42N4OS/c1-37-22-24-38(25-23-37)20-6-21-39(35(40)34-9-5-26-41-34)28-31-12-16-33(17-13-31)32-14-10-30(11-15-32)27-36-19-18-29-7-3-2-4-8-29/h2-5,7-17,26,36H,6,18-25,27-28H2,1H3. The fourth-order valence-electron chi connectivity index (χ4n) is 5.31. The molecule has 0 atom stereocenters. The number of carbonyl (C=O) groups is 1. The molecule has 0 aliphatic carbocycles. The van der Waals surface area contributed by atoms with Crippen LogP contribution in [0.1, 0.15) is 32.8 Å². The average molecular weight is 567 g/mol. The van der Waals surface area contributed by atoms with Crippen molar-refractivity contribution < 1.29 is 4.79 Å². The van der Waals surface area contributed by atoms with Crippen LogP contribution in [0.25, 0.3) is 11.1 Å². The number of thiophene rings is 1. The first-order valence-corrected chi connectivity index (χ1v) is 15.7. The van der Waals surface area contributed by atoms with Crippen molar-refractivity contribution >= 4 is 17.2 Å². The van der Waals surface area contributed by atoms with Crippen molar-refractivity contribution in [3.63, 3.8) is 0 Å². The minimum Gasteiger partial charge on any atom is -0.334 e. The van der Waals surface area contributed by atoms with E-state index in [1.165, 1.54) is 33.6 Å². The third kappa shape index (κ3) is 8.85. The molecule has 1 aliphatic heterocycles. The lowest BCUT2D eigenvalue weighted by Crippen LogP contribution is -2.45. The highest BCUT2D eigenvalue weighted by atomic mass is 32.1. The molecule has 41 heavy (non-hydrogen) atoms. The first kappa shape index (κ1) is 29.2. The molecule has 1 aliphatic rings. The van der Waals surface area contributed by atoms with Crippen molar-refractivity contribution in [1.29, 1.82) is 0 Å². The van der Waals surface area contributed by atoms with Gasteiger partial charge in [0.25, 0.3) is 5.91 Å². The molecule has 5 rings (SSSR count). The van der Waals surface area contributed by atoms with Crippen LogP contribution in [0.3, 0.4) is 0 Å². The summed E-state index contributed by atoms with van der Waals surface area (Å²) >= 11 is 1.53. The molecule has 0 spiro atoms. The van der Waals surface area contributed by atoms with Gasteiger partial charge in [0.1, 0.15) is 0 Å². The maximum absolute atomic E-state index is 13.3. The van der Waals surface area contributed by atoms with Gasteiger partial charge in [-0.15, -0.1) is 11.3 Å². The Balaban J connectivity index is 1.13. The number of carbonyl (C=O) groups excluding carboxylic acids is 1. The number of nitrogens with zero attached hydrogens (tertiary/aromatic N) is 3. The maximum Gasteiger partial charge on any atom is 0.264 e. The van der Waals surface area contributed by atoms with E-state index in [9.17, 15) is 4.79 Å². The van der Waals surface area contributed by atoms with Crippen molar-refractivity contribution in [3.8, 4) is 11.1 Å². The number of hydrogen-bond acceptors (Lipinski definition) is 5. The summed E-state index contributed by atoms with van der Waals surface area (Å²) in [4.78, 5) is 21.1. The van der Waals surface area contributed by atoms with E-state index < -0.39 is 0 Å². The van der Waals surface area contributed by atoms with Crippen molar-refractivity contribution in [1.82, 2.24) is 20.0 Å². The highest BCUT2D eigenvalue weighted by Crippen LogP contribution is 2.22. The molecular weight excluding hydrogens is 524 g/mol. The molecular formula is C35H42N4OS. The van der Waals surface area contributed by atoms with Crippen LogP contribution in [0.2, 0.25) is 0 Å². The third-order valence-corrected chi connectivity index (χ3v) is 8.75. The van der Waals surface area contributed by atoms with Crippen LogP contribution in [-0.2, 0) is 19.5 Å². The average Bonchev–Trinajstić information content (AvgIpc) is 3.56. The van der Waals surface area contributed by atoms with Gasteiger partial charge in [-0.2, -0.15) is 0 Å². The Bertz CT molecular complexity index is 1320. The summed E-state index contributed by atoms with van der Waals surface area (Å²) in [6, 6.07) is 32.0. The van der Waals surface area contributed by atoms with Gasteiger partial charge in [0.05, 0.1) is 4.88 Å². The van der Waals surface area contributed by atoms with Gasteiger partial charge < -0.3 is 20.0 Å². The highest BCUT2D eigenvalue weighted by molar-refractivity contribution is 7.12. The zero-order valence-corrected chi connectivity index (χ0v) is 25.0. The molecule has 1 aromatic heterocycles. The molecule has 2 heterocycles. The zero-order valence-electron chi connectivity index (χ0n) is 24.2. The normalized spacial score (nSPS) is 14.3. The number of benzene rings is 3. The van der Waals surface area contributed by atoms with Crippen molar-refractivity contribution in [2.24, 2.45) is 0 Å². The second kappa shape index (κ2) is 15.1. The molecule has 0 unspecified atom stereocenters. The molecule has 6 heteroatoms. The lowest BCUT2D eigenvalue weighted by molar-refractivity contribution is 0.0733. The molecule has 4 aromatic rings. The lowest BCUT2D eigenvalue weighted by atomic mass is 10.0. The predicted octanol–water partition coefficient (Wildman–Crippen LogP) is 6.03. The highest BCUT2D eigenvalue weighted by Gasteiger charge is 2.19. The number of nitrogens with one attached hydrogen (secondary N) is 1. The summed E-state index contributed by atoms with van der Waals surface area (Å²) in [5, 5.41) is 5.54. The smallest absolute Gasteiger partial charge is 0.264 e. The zero-order chi connectivity index (χ0) is 28.3. The quantitative estimate of drug-likeness (QED) is 0.201. The minimum atomic E-state index is 0.135. The van der Waals surface area contributed by atoms with E-state index in [1.54, 1.807) is 0 Å². The second-order valence-corrected chi connectivity index (χ2v) is 12.0. The summed E-state index contributed by atoms with van der Waals surface area (Å²) in [7, 11) is 2.19. The topological polar surface area (TPSA) is 38.8 Å². The molecule has 0 bridgehead atoms. The lowest BCUT2D eigenvalue weighted by Gasteiger charge is -2.33. The van der Waals surface area contributed by atoms with Gasteiger partial charge in [0.15, 0.2) is 0 Å². The Labute approximate surface area is 249 Å². The number of hydrogen-bond donors (Lipinski definition) is 1. The van der Waals surface area contributed by atoms with E-state index in [-0.39, 0.29) is 5.91 Å². The number of rotatable bonds is 13. The summed E-state index contributed by atoms with van der Waals surface area (Å²) in [5.41, 5.74) is 6.23. The Morgan fingerprint density at radius 2 is 1.49 bits per heavy atom. The van der Waals surface area contributed by atoms with Crippen molar-refractivity contribution in [2.45, 2.75) is 25.9 Å². The molecule has 1 fully saturated rings. The molecule has 1 amide bonds. The van der Waals surface area contributed by atoms with E-state index in [2.05, 4.69) is 101 Å². The Morgan fingerprint density at radius 1 is 0.805 bits per heavy atom. The van der Waals surface area contributed by atoms with Crippen LogP contribution in [0.4, 0.5) is 0 Å². The molecule has 0 saturated carbocycles. The van der Waals surface area contributed by atoms with Crippen LogP contribution in [0.5, 0.6) is 0 Å². The summed E-state index contributed by atoms with van der Waals surface area (Å²) in [5.74, 6) is 0.135. The molecule has 1 N–H and O–H groups in total. The Morgan fingerprint density at radius 3 is 2.15 bits per heavy atom. The van der Waals surface area contributed by atoms with Gasteiger partial charge in [-0.25, -0.2) is 0 Å². The van der Waals surface area contributed by atoms with Crippen LogP contribution >= 0.6 is 11.3 Å². The second-order valence-electron chi connectivity index (χ2n) is 11.0. The Kier molecular flexibility index (Phi) is 10.7. The van der Waals surface area contributed by atoms with Gasteiger partial charge in [0, 0.05) is 45.8 Å². The Hall–Kier alpha value is -3.29. The summed E-state index contributed by atoms with van der Waals surface area (Å²) < 4.78 is 0. The van der Waals surface area contributed by atoms with E-state index in [0.717, 1.165) is 75.6 Å². The SMILES string of the molecule is CN1CCN(CCCN(Cc2ccc(-c3ccc(CNCCc4ccccc4)cc3)cc2)C(=O)c2cccs2)CC1. The van der Waals surface area contributed by atoms with Crippen LogP contribution in [0, 0.1) is 0 Å². The summed E-state index contributed by atoms with van der Waals surface area (Å²) in [6.07, 6.45) is 2.03. The molecule has 5 nitrogen and oxygen atoms in total. The fraction of sp³-hybridized carbons (Fsp3) is 0.343. The van der Waals surface area contributed by atoms with E-state index in [1.807, 2.05) is 22.4 Å². The van der Waals surface area contributed by atoms with Crippen LogP contribution in [0.15, 0.2) is 96.4 Å². The minimum absolute atomic E-state index is 0.135. The number of likely N-dealkylation sites (N-methyl/N-ethyl adjacent to an activating group) is 1. The molecule has 214 valence electrons. The number of piperazine rings is 1. The van der Waals surface area contributed by atoms with E-state index in [0.29, 0.717) is 6.54 Å². The first-order valence-electron chi connectivity index (χ1n) is 14.8. The summed E-state index contributed by atoms with van der Waals surface area (Å²) in [6.45, 7) is 8.75. The number of amides is 1. The van der Waals surface area contributed by atoms with Crippen LogP contribution in [-0.4, -0.2) is 73.5 Å². The van der Waals surface area contributed by atoms with Gasteiger partial charge >= 0.3 is 0 Å². The monoisotopic (exact) mass is 566 g/mol. The van der Waals surface area contributed by atoms with Gasteiger partial charge in [0.2, 0.25) is 0 Å². The molecule has 1 saturated heterocycles. The van der Waals surface area contributed by atoms with E-state index >= 15 is 0 Å². The first-order chi connectivity index (χ1) is 20.1. The van der Waals surface area contributed by atoms with Gasteiger partial charge in [-0.1, -0.05) is 84.9 Å². The predicted molar refractivity (Wildman–Crippen MR) is 171 cm³/mol. The fourth-order valence-corrected chi connectivity index (χ4v) is 6.00. The van der Waals surface area contributed by atoms with Gasteiger partial charge in [-0.3, -0.25) is 4.79 Å². The maximum atomic E-state index is 13.3. The third-order valence-electron chi connectivity index (χ3n) is 7.89. The van der Waals surface area contributed by atoms with Crippen LogP contribution < -0.4 is 5.32 Å². The van der Waals surface area contributed by atoms with Gasteiger partial charge in [-0.05, 0) is 72.2 Å². The van der Waals surface area contributed by atoms with E-state index in [4.69, 9.17) is 0 Å². The van der Waals surface area contributed by atoms with Crippen molar-refractivity contribution in [2.75, 3.05) is 52.9 Å². The molecule has 0 radical (unpaired) electrons. The van der Waals surface area contributed by atoms with Crippen molar-refractivity contribution in [3.05, 3.63) is 118 Å².